The van der Waals surface area contributed by atoms with E-state index in [1.807, 2.05) is 12.1 Å². The normalized spacial score (nSPS) is 10.0. The standard InChI is InChI=1S/3C6H5.C4H4N.Pb/c3*1-2-4-6-5-3-1;1-2-4-5-3-1;/h3*1-5H;1-4H;/q;;;-1;. The number of nitrogens with zero attached hydrogens (tertiary/aromatic N) is 1. The van der Waals surface area contributed by atoms with Crippen LogP contribution < -0.4 is 14.4 Å². The van der Waals surface area contributed by atoms with E-state index in [2.05, 4.69) is 96.0 Å². The maximum absolute atomic E-state index is 3.72. The van der Waals surface area contributed by atoms with Gasteiger partial charge < -0.3 is 4.98 Å². The van der Waals surface area contributed by atoms with Crippen LogP contribution in [0.15, 0.2) is 116 Å². The van der Waals surface area contributed by atoms with Gasteiger partial charge in [-0.3, -0.25) is 0 Å². The SMILES string of the molecule is c1cc[c]([Pb]([c]2ccccc2)[c]2ccccc2)cc1.c1cc[n-]c1. The second kappa shape index (κ2) is 9.23. The van der Waals surface area contributed by atoms with Crippen molar-refractivity contribution in [3.63, 3.8) is 0 Å². The zero-order chi connectivity index (χ0) is 16.5. The fourth-order valence-corrected chi connectivity index (χ4v) is 12.6. The van der Waals surface area contributed by atoms with Gasteiger partial charge >= 0.3 is 123 Å². The van der Waals surface area contributed by atoms with E-state index in [1.54, 1.807) is 21.8 Å². The molecule has 0 aliphatic heterocycles. The van der Waals surface area contributed by atoms with Gasteiger partial charge in [-0.15, -0.1) is 0 Å². The minimum atomic E-state index is -2.17. The van der Waals surface area contributed by atoms with Crippen LogP contribution in [0.2, 0.25) is 0 Å². The molecule has 1 heterocycles. The molecule has 0 unspecified atom stereocenters. The smallest absolute Gasteiger partial charge is 0.0860 e. The Balaban J connectivity index is 0.000000290. The predicted molar refractivity (Wildman–Crippen MR) is 104 cm³/mol. The Hall–Kier alpha value is -2.14. The van der Waals surface area contributed by atoms with Gasteiger partial charge in [0.15, 0.2) is 0 Å². The molecule has 0 amide bonds. The molecule has 24 heavy (non-hydrogen) atoms. The van der Waals surface area contributed by atoms with E-state index in [0.717, 1.165) is 0 Å². The average molecular weight is 505 g/mol. The summed E-state index contributed by atoms with van der Waals surface area (Å²) in [6.45, 7) is 0. The minimum Gasteiger partial charge on any atom is -0.670 e. The van der Waals surface area contributed by atoms with Crippen molar-refractivity contribution in [2.75, 3.05) is 0 Å². The number of hydrogen-bond acceptors (Lipinski definition) is 0. The summed E-state index contributed by atoms with van der Waals surface area (Å²) in [5, 5.41) is 0. The van der Waals surface area contributed by atoms with Gasteiger partial charge in [0.05, 0.1) is 0 Å². The molecular weight excluding hydrogens is 485 g/mol. The second-order valence-electron chi connectivity index (χ2n) is 5.31. The van der Waals surface area contributed by atoms with Crippen molar-refractivity contribution >= 4 is 32.1 Å². The third-order valence-electron chi connectivity index (χ3n) is 3.64. The third kappa shape index (κ3) is 4.68. The van der Waals surface area contributed by atoms with E-state index in [1.165, 1.54) is 0 Å². The van der Waals surface area contributed by atoms with E-state index in [-0.39, 0.29) is 0 Å². The maximum Gasteiger partial charge on any atom is -0.0860 e. The molecule has 0 atom stereocenters. The Morgan fingerprint density at radius 1 is 0.417 bits per heavy atom. The molecule has 4 aromatic rings. The van der Waals surface area contributed by atoms with Gasteiger partial charge in [0.25, 0.3) is 0 Å². The minimum absolute atomic E-state index is 1.55. The molecule has 3 aromatic carbocycles. The van der Waals surface area contributed by atoms with Gasteiger partial charge in [-0.1, -0.05) is 12.1 Å². The van der Waals surface area contributed by atoms with E-state index in [9.17, 15) is 0 Å². The van der Waals surface area contributed by atoms with Gasteiger partial charge in [0.1, 0.15) is 0 Å². The quantitative estimate of drug-likeness (QED) is 0.392. The van der Waals surface area contributed by atoms with E-state index in [0.29, 0.717) is 0 Å². The van der Waals surface area contributed by atoms with Gasteiger partial charge in [-0.25, -0.2) is 0 Å². The van der Waals surface area contributed by atoms with Crippen molar-refractivity contribution in [3.8, 4) is 0 Å². The fourth-order valence-electron chi connectivity index (χ4n) is 2.56. The summed E-state index contributed by atoms with van der Waals surface area (Å²) in [5.41, 5.74) is 0. The van der Waals surface area contributed by atoms with Gasteiger partial charge in [0.2, 0.25) is 0 Å². The number of aromatic nitrogens is 1. The topological polar surface area (TPSA) is 14.1 Å². The first-order chi connectivity index (χ1) is 11.9. The molecule has 0 fully saturated rings. The Morgan fingerprint density at radius 2 is 0.750 bits per heavy atom. The van der Waals surface area contributed by atoms with E-state index in [4.69, 9.17) is 0 Å². The van der Waals surface area contributed by atoms with E-state index >= 15 is 0 Å². The predicted octanol–water partition coefficient (Wildman–Crippen LogP) is 2.85. The van der Waals surface area contributed by atoms with Crippen LogP contribution in [0, 0.1) is 0 Å². The Labute approximate surface area is 152 Å². The second-order valence-corrected chi connectivity index (χ2v) is 15.0. The monoisotopic (exact) mass is 505 g/mol. The van der Waals surface area contributed by atoms with Crippen LogP contribution in [0.25, 0.3) is 0 Å². The summed E-state index contributed by atoms with van der Waals surface area (Å²) in [6.07, 6.45) is 3.50. The average Bonchev–Trinajstić information content (AvgIpc) is 3.25. The van der Waals surface area contributed by atoms with E-state index < -0.39 is 22.7 Å². The van der Waals surface area contributed by atoms with Gasteiger partial charge in [-0.05, 0) is 0 Å². The van der Waals surface area contributed by atoms with Crippen molar-refractivity contribution in [1.82, 2.24) is 4.98 Å². The summed E-state index contributed by atoms with van der Waals surface area (Å²) >= 11 is -2.17. The van der Waals surface area contributed by atoms with Crippen molar-refractivity contribution in [2.45, 2.75) is 0 Å². The first kappa shape index (κ1) is 16.7. The summed E-state index contributed by atoms with van der Waals surface area (Å²) in [4.78, 5) is 3.72. The van der Waals surface area contributed by atoms with Gasteiger partial charge in [0, 0.05) is 0 Å². The molecule has 1 radical (unpaired) electrons. The van der Waals surface area contributed by atoms with Crippen LogP contribution in [0.4, 0.5) is 0 Å². The van der Waals surface area contributed by atoms with Crippen LogP contribution >= 0.6 is 0 Å². The Morgan fingerprint density at radius 3 is 1.00 bits per heavy atom. The number of rotatable bonds is 3. The molecular formula is C22H19NPb-. The Bertz CT molecular complexity index is 685. The Kier molecular flexibility index (Phi) is 6.43. The zero-order valence-corrected chi connectivity index (χ0v) is 17.3. The molecule has 0 bridgehead atoms. The van der Waals surface area contributed by atoms with Gasteiger partial charge in [-0.2, -0.15) is 12.4 Å². The van der Waals surface area contributed by atoms with Crippen LogP contribution in [-0.2, 0) is 0 Å². The van der Waals surface area contributed by atoms with Crippen molar-refractivity contribution in [3.05, 3.63) is 116 Å². The molecule has 0 saturated heterocycles. The molecule has 0 spiro atoms. The van der Waals surface area contributed by atoms with Crippen molar-refractivity contribution in [1.29, 1.82) is 0 Å². The van der Waals surface area contributed by atoms with Crippen molar-refractivity contribution < 1.29 is 0 Å². The number of benzene rings is 3. The third-order valence-corrected chi connectivity index (χ3v) is 14.3. The molecule has 0 N–H and O–H groups in total. The van der Waals surface area contributed by atoms with Crippen LogP contribution in [0.3, 0.4) is 0 Å². The largest absolute Gasteiger partial charge is 0.670 e. The van der Waals surface area contributed by atoms with Crippen LogP contribution in [0.1, 0.15) is 0 Å². The van der Waals surface area contributed by atoms with Crippen molar-refractivity contribution in [2.24, 2.45) is 0 Å². The summed E-state index contributed by atoms with van der Waals surface area (Å²) in [5.74, 6) is 0. The molecule has 0 saturated carbocycles. The zero-order valence-electron chi connectivity index (χ0n) is 13.4. The molecule has 2 heteroatoms. The molecule has 4 rings (SSSR count). The molecule has 1 aromatic heterocycles. The first-order valence-corrected chi connectivity index (χ1v) is 13.8. The molecule has 0 aliphatic rings. The molecule has 0 aliphatic carbocycles. The summed E-state index contributed by atoms with van der Waals surface area (Å²) < 4.78 is 4.64. The summed E-state index contributed by atoms with van der Waals surface area (Å²) in [7, 11) is 0. The first-order valence-electron chi connectivity index (χ1n) is 8.00. The van der Waals surface area contributed by atoms with Crippen LogP contribution in [0.5, 0.6) is 0 Å². The fraction of sp³-hybridized carbons (Fsp3) is 0. The van der Waals surface area contributed by atoms with Crippen LogP contribution in [-0.4, -0.2) is 22.7 Å². The maximum atomic E-state index is 3.72. The molecule has 117 valence electrons. The summed E-state index contributed by atoms with van der Waals surface area (Å²) in [6, 6.07) is 36.8. The number of hydrogen-bond donors (Lipinski definition) is 0. The molecule has 1 nitrogen and oxygen atoms in total.